The van der Waals surface area contributed by atoms with Gasteiger partial charge in [0, 0.05) is 22.8 Å². The number of hydrogen-bond donors (Lipinski definition) is 1. The number of rotatable bonds is 6. The largest absolute Gasteiger partial charge is 0.489 e. The Morgan fingerprint density at radius 1 is 1.38 bits per heavy atom. The summed E-state index contributed by atoms with van der Waals surface area (Å²) in [5.41, 5.74) is 0. The lowest BCUT2D eigenvalue weighted by molar-refractivity contribution is -0.121. The van der Waals surface area contributed by atoms with Crippen molar-refractivity contribution in [1.29, 1.82) is 0 Å². The third-order valence-corrected chi connectivity index (χ3v) is 4.08. The topological polar surface area (TPSA) is 72.5 Å². The summed E-state index contributed by atoms with van der Waals surface area (Å²) in [6.45, 7) is -0.249. The van der Waals surface area contributed by atoms with Crippen LogP contribution >= 0.6 is 10.7 Å². The molecule has 0 spiro atoms. The van der Waals surface area contributed by atoms with Gasteiger partial charge < -0.3 is 10.1 Å². The Morgan fingerprint density at radius 3 is 2.62 bits per heavy atom. The number of nitrogens with one attached hydrogen (secondary N) is 1. The van der Waals surface area contributed by atoms with Gasteiger partial charge in [-0.1, -0.05) is 0 Å². The van der Waals surface area contributed by atoms with Crippen LogP contribution in [0.3, 0.4) is 0 Å². The molecule has 0 bridgehead atoms. The Labute approximate surface area is 124 Å². The first-order chi connectivity index (χ1) is 9.77. The lowest BCUT2D eigenvalue weighted by atomic mass is 10.3. The second-order valence-corrected chi connectivity index (χ2v) is 7.13. The van der Waals surface area contributed by atoms with Gasteiger partial charge in [-0.15, -0.1) is 0 Å². The normalized spacial score (nSPS) is 14.8. The molecule has 0 unspecified atom stereocenters. The predicted octanol–water partition coefficient (Wildman–Crippen LogP) is 1.94. The maximum atomic E-state index is 13.6. The number of benzene rings is 1. The van der Waals surface area contributed by atoms with E-state index in [0.717, 1.165) is 12.8 Å². The van der Waals surface area contributed by atoms with Crippen LogP contribution in [0.5, 0.6) is 5.75 Å². The molecule has 0 aromatic heterocycles. The second kappa shape index (κ2) is 6.15. The van der Waals surface area contributed by atoms with E-state index in [-0.39, 0.29) is 25.0 Å². The Balaban J connectivity index is 2.06. The molecule has 0 radical (unpaired) electrons. The van der Waals surface area contributed by atoms with E-state index in [4.69, 9.17) is 15.4 Å². The molecule has 1 aliphatic carbocycles. The first-order valence-corrected chi connectivity index (χ1v) is 8.44. The van der Waals surface area contributed by atoms with E-state index in [1.165, 1.54) is 0 Å². The van der Waals surface area contributed by atoms with E-state index in [9.17, 15) is 22.0 Å². The molecule has 0 saturated heterocycles. The van der Waals surface area contributed by atoms with Gasteiger partial charge in [0.2, 0.25) is 5.91 Å². The molecule has 9 heteroatoms. The van der Waals surface area contributed by atoms with E-state index in [0.29, 0.717) is 12.1 Å². The van der Waals surface area contributed by atoms with E-state index in [1.807, 2.05) is 0 Å². The fourth-order valence-electron chi connectivity index (χ4n) is 1.63. The average molecular weight is 340 g/mol. The highest BCUT2D eigenvalue weighted by molar-refractivity contribution is 8.13. The van der Waals surface area contributed by atoms with Crippen LogP contribution in [-0.2, 0) is 13.8 Å². The van der Waals surface area contributed by atoms with Crippen molar-refractivity contribution in [3.8, 4) is 5.75 Å². The molecule has 1 saturated carbocycles. The Hall–Kier alpha value is -1.41. The van der Waals surface area contributed by atoms with E-state index >= 15 is 0 Å². The molecule has 5 nitrogen and oxygen atoms in total. The molecule has 1 aromatic rings. The summed E-state index contributed by atoms with van der Waals surface area (Å²) < 4.78 is 54.2. The predicted molar refractivity (Wildman–Crippen MR) is 70.7 cm³/mol. The lowest BCUT2D eigenvalue weighted by Gasteiger charge is -2.11. The van der Waals surface area contributed by atoms with Crippen LogP contribution in [0.25, 0.3) is 0 Å². The lowest BCUT2D eigenvalue weighted by Crippen LogP contribution is -2.26. The third-order valence-electron chi connectivity index (χ3n) is 2.75. The molecular formula is C12H12ClF2NO4S. The van der Waals surface area contributed by atoms with Gasteiger partial charge in [-0.2, -0.15) is 0 Å². The molecule has 0 heterocycles. The van der Waals surface area contributed by atoms with Crippen molar-refractivity contribution in [2.24, 2.45) is 0 Å². The maximum absolute atomic E-state index is 13.6. The third kappa shape index (κ3) is 4.53. The summed E-state index contributed by atoms with van der Waals surface area (Å²) in [4.78, 5) is 10.6. The Kier molecular flexibility index (Phi) is 4.67. The smallest absolute Gasteiger partial charge is 0.265 e. The van der Waals surface area contributed by atoms with Gasteiger partial charge in [0.15, 0.2) is 11.6 Å². The van der Waals surface area contributed by atoms with Crippen LogP contribution in [0.15, 0.2) is 17.0 Å². The van der Waals surface area contributed by atoms with Crippen LogP contribution in [-0.4, -0.2) is 27.0 Å². The summed E-state index contributed by atoms with van der Waals surface area (Å²) in [5.74, 6) is -3.26. The fraction of sp³-hybridized carbons (Fsp3) is 0.417. The van der Waals surface area contributed by atoms with E-state index < -0.39 is 31.3 Å². The van der Waals surface area contributed by atoms with Crippen LogP contribution in [0, 0.1) is 11.6 Å². The first kappa shape index (κ1) is 16.0. The van der Waals surface area contributed by atoms with E-state index in [1.54, 1.807) is 0 Å². The minimum absolute atomic E-state index is 0.0743. The minimum Gasteiger partial charge on any atom is -0.489 e. The molecule has 1 aromatic carbocycles. The van der Waals surface area contributed by atoms with Gasteiger partial charge >= 0.3 is 0 Å². The first-order valence-electron chi connectivity index (χ1n) is 6.13. The van der Waals surface area contributed by atoms with Gasteiger partial charge in [-0.3, -0.25) is 4.79 Å². The highest BCUT2D eigenvalue weighted by atomic mass is 35.7. The SMILES string of the molecule is O=C(CCOc1c(F)cc(F)cc1S(=O)(=O)Cl)NC1CC1. The van der Waals surface area contributed by atoms with Crippen molar-refractivity contribution in [2.45, 2.75) is 30.2 Å². The second-order valence-electron chi connectivity index (χ2n) is 4.59. The Morgan fingerprint density at radius 2 is 2.05 bits per heavy atom. The number of ether oxygens (including phenoxy) is 1. The average Bonchev–Trinajstić information content (AvgIpc) is 3.13. The molecule has 0 aliphatic heterocycles. The van der Waals surface area contributed by atoms with Gasteiger partial charge in [0.05, 0.1) is 13.0 Å². The summed E-state index contributed by atoms with van der Waals surface area (Å²) in [6.07, 6.45) is 1.77. The molecule has 1 amide bonds. The zero-order chi connectivity index (χ0) is 15.6. The van der Waals surface area contributed by atoms with Crippen molar-refractivity contribution in [2.75, 3.05) is 6.61 Å². The zero-order valence-corrected chi connectivity index (χ0v) is 12.3. The van der Waals surface area contributed by atoms with Gasteiger partial charge in [0.1, 0.15) is 10.7 Å². The van der Waals surface area contributed by atoms with Crippen molar-refractivity contribution < 1.29 is 26.7 Å². The molecule has 1 N–H and O–H groups in total. The summed E-state index contributed by atoms with van der Waals surface area (Å²) in [5, 5.41) is 2.69. The standard InChI is InChI=1S/C12H12ClF2NO4S/c13-21(18,19)10-6-7(14)5-9(15)12(10)20-4-3-11(17)16-8-1-2-8/h5-6,8H,1-4H2,(H,16,17). The highest BCUT2D eigenvalue weighted by Gasteiger charge is 2.24. The molecular weight excluding hydrogens is 328 g/mol. The van der Waals surface area contributed by atoms with Crippen molar-refractivity contribution in [3.63, 3.8) is 0 Å². The number of carbonyl (C=O) groups is 1. The van der Waals surface area contributed by atoms with E-state index in [2.05, 4.69) is 5.32 Å². The number of hydrogen-bond acceptors (Lipinski definition) is 4. The number of carbonyl (C=O) groups excluding carboxylic acids is 1. The van der Waals surface area contributed by atoms with Gasteiger partial charge in [-0.05, 0) is 18.9 Å². The maximum Gasteiger partial charge on any atom is 0.265 e. The quantitative estimate of drug-likeness (QED) is 0.804. The van der Waals surface area contributed by atoms with Crippen molar-refractivity contribution >= 4 is 25.6 Å². The molecule has 116 valence electrons. The van der Waals surface area contributed by atoms with Crippen LogP contribution in [0.4, 0.5) is 8.78 Å². The fourth-order valence-corrected chi connectivity index (χ4v) is 2.61. The zero-order valence-electron chi connectivity index (χ0n) is 10.7. The highest BCUT2D eigenvalue weighted by Crippen LogP contribution is 2.31. The molecule has 2 rings (SSSR count). The Bertz CT molecular complexity index is 661. The summed E-state index contributed by atoms with van der Waals surface area (Å²) in [7, 11) is 0.734. The monoisotopic (exact) mass is 339 g/mol. The van der Waals surface area contributed by atoms with Gasteiger partial charge in [0.25, 0.3) is 9.05 Å². The van der Waals surface area contributed by atoms with Crippen LogP contribution in [0.2, 0.25) is 0 Å². The molecule has 21 heavy (non-hydrogen) atoms. The van der Waals surface area contributed by atoms with Crippen molar-refractivity contribution in [3.05, 3.63) is 23.8 Å². The van der Waals surface area contributed by atoms with Crippen molar-refractivity contribution in [1.82, 2.24) is 5.32 Å². The van der Waals surface area contributed by atoms with Crippen LogP contribution < -0.4 is 10.1 Å². The number of halogens is 3. The summed E-state index contributed by atoms with van der Waals surface area (Å²) >= 11 is 0. The minimum atomic E-state index is -4.37. The molecule has 1 aliphatic rings. The van der Waals surface area contributed by atoms with Gasteiger partial charge in [-0.25, -0.2) is 17.2 Å². The molecule has 1 fully saturated rings. The number of amides is 1. The van der Waals surface area contributed by atoms with Crippen LogP contribution in [0.1, 0.15) is 19.3 Å². The summed E-state index contributed by atoms with van der Waals surface area (Å²) in [6, 6.07) is 1.22. The molecule has 0 atom stereocenters.